The van der Waals surface area contributed by atoms with Crippen LogP contribution in [0.15, 0.2) is 72.8 Å². The lowest BCUT2D eigenvalue weighted by atomic mass is 10.1. The van der Waals surface area contributed by atoms with Gasteiger partial charge >= 0.3 is 0 Å². The van der Waals surface area contributed by atoms with Crippen molar-refractivity contribution in [3.63, 3.8) is 0 Å². The molecule has 61 heavy (non-hydrogen) atoms. The van der Waals surface area contributed by atoms with E-state index in [1.54, 1.807) is 23.1 Å². The van der Waals surface area contributed by atoms with Crippen molar-refractivity contribution < 1.29 is 22.6 Å². The fourth-order valence-corrected chi connectivity index (χ4v) is 10.2. The number of fused-ring (bicyclic) bond motifs is 4. The second-order valence-corrected chi connectivity index (χ2v) is 19.4. The SMILES string of the molecule is CS(=O)(=O)O.O=C1Cc2cc(CCN3CCN(c4nsc5ccccc45)CC3)c(Cl)cc2N1.O=C1Cc2cc(CCN3CCN(c4nsc5ccccc45)CC3)c(Cl)cc2N1. The van der Waals surface area contributed by atoms with Crippen LogP contribution in [-0.2, 0) is 45.4 Å². The largest absolute Gasteiger partial charge is 0.353 e. The van der Waals surface area contributed by atoms with E-state index in [1.165, 1.54) is 20.2 Å². The smallest absolute Gasteiger partial charge is 0.261 e. The molecule has 2 aromatic heterocycles. The van der Waals surface area contributed by atoms with Crippen LogP contribution < -0.4 is 20.4 Å². The molecule has 10 rings (SSSR count). The Hall–Kier alpha value is -4.39. The van der Waals surface area contributed by atoms with E-state index in [2.05, 4.69) is 99.6 Å². The zero-order valence-electron chi connectivity index (χ0n) is 33.6. The highest BCUT2D eigenvalue weighted by Gasteiger charge is 2.25. The Morgan fingerprint density at radius 3 is 1.41 bits per heavy atom. The summed E-state index contributed by atoms with van der Waals surface area (Å²) in [5, 5.41) is 9.72. The van der Waals surface area contributed by atoms with Gasteiger partial charge in [-0.25, -0.2) is 0 Å². The molecule has 3 N–H and O–H groups in total. The number of nitrogens with one attached hydrogen (secondary N) is 2. The Labute approximate surface area is 373 Å². The molecule has 2 fully saturated rings. The number of hydrogen-bond donors (Lipinski definition) is 3. The molecule has 18 heteroatoms. The molecule has 0 bridgehead atoms. The number of hydrogen-bond acceptors (Lipinski definition) is 12. The van der Waals surface area contributed by atoms with Crippen molar-refractivity contribution in [3.05, 3.63) is 105 Å². The first kappa shape index (κ1) is 43.3. The van der Waals surface area contributed by atoms with E-state index in [-0.39, 0.29) is 11.8 Å². The number of benzene rings is 4. The molecule has 6 heterocycles. The van der Waals surface area contributed by atoms with E-state index in [1.807, 2.05) is 12.1 Å². The Kier molecular flexibility index (Phi) is 13.4. The fraction of sp³-hybridized carbons (Fsp3) is 0.349. The minimum atomic E-state index is -3.67. The number of rotatable bonds is 8. The molecule has 0 radical (unpaired) electrons. The first-order valence-corrected chi connectivity index (χ1v) is 24.3. The normalized spacial score (nSPS) is 16.7. The highest BCUT2D eigenvalue weighted by Crippen LogP contribution is 2.34. The fourth-order valence-electron chi connectivity index (χ4n) is 8.11. The molecule has 0 aliphatic carbocycles. The van der Waals surface area contributed by atoms with Crippen LogP contribution in [0.25, 0.3) is 20.2 Å². The molecular formula is C43H46Cl2N8O5S3. The molecule has 0 spiro atoms. The van der Waals surface area contributed by atoms with Crippen LogP contribution >= 0.6 is 46.3 Å². The number of anilines is 4. The van der Waals surface area contributed by atoms with Crippen molar-refractivity contribution >= 4 is 111 Å². The van der Waals surface area contributed by atoms with E-state index in [9.17, 15) is 18.0 Å². The van der Waals surface area contributed by atoms with Gasteiger partial charge in [-0.15, -0.1) is 0 Å². The molecular weight excluding hydrogens is 876 g/mol. The maximum Gasteiger partial charge on any atom is 0.261 e. The standard InChI is InChI=1S/2C21H21ClN4OS.CH4O3S/c2*22-17-13-18-15(12-20(27)23-18)11-14(17)5-6-25-7-9-26(10-8-25)21-16-3-1-2-4-19(16)28-24-21;1-5(2,3)4/h2*1-4,11,13H,5-10,12H2,(H,23,27);1H3,(H,2,3,4). The Balaban J connectivity index is 0.000000152. The number of nitrogens with zero attached hydrogens (tertiary/aromatic N) is 6. The van der Waals surface area contributed by atoms with E-state index in [0.29, 0.717) is 19.1 Å². The molecule has 13 nitrogen and oxygen atoms in total. The van der Waals surface area contributed by atoms with Crippen LogP contribution in [-0.4, -0.2) is 115 Å². The second-order valence-electron chi connectivity index (χ2n) is 15.5. The number of amides is 2. The lowest BCUT2D eigenvalue weighted by Gasteiger charge is -2.35. The minimum Gasteiger partial charge on any atom is -0.353 e. The lowest BCUT2D eigenvalue weighted by molar-refractivity contribution is -0.115. The highest BCUT2D eigenvalue weighted by atomic mass is 35.5. The van der Waals surface area contributed by atoms with Gasteiger partial charge in [0.05, 0.1) is 28.5 Å². The van der Waals surface area contributed by atoms with E-state index < -0.39 is 10.1 Å². The van der Waals surface area contributed by atoms with Crippen molar-refractivity contribution in [3.8, 4) is 0 Å². The summed E-state index contributed by atoms with van der Waals surface area (Å²) in [6.07, 6.45) is 3.44. The van der Waals surface area contributed by atoms with Gasteiger partial charge in [0.2, 0.25) is 11.8 Å². The van der Waals surface area contributed by atoms with Gasteiger partial charge in [-0.1, -0.05) is 59.6 Å². The van der Waals surface area contributed by atoms with Gasteiger partial charge in [-0.05, 0) is 94.6 Å². The average Bonchev–Trinajstić information content (AvgIpc) is 4.03. The summed E-state index contributed by atoms with van der Waals surface area (Å²) in [4.78, 5) is 32.9. The predicted octanol–water partition coefficient (Wildman–Crippen LogP) is 7.12. The van der Waals surface area contributed by atoms with E-state index in [4.69, 9.17) is 27.8 Å². The zero-order chi connectivity index (χ0) is 42.7. The molecule has 4 aliphatic heterocycles. The molecule has 4 aromatic carbocycles. The van der Waals surface area contributed by atoms with E-state index in [0.717, 1.165) is 134 Å². The Bertz CT molecular complexity index is 2500. The quantitative estimate of drug-likeness (QED) is 0.134. The van der Waals surface area contributed by atoms with Crippen LogP contribution in [0.3, 0.4) is 0 Å². The molecule has 0 atom stereocenters. The lowest BCUT2D eigenvalue weighted by Crippen LogP contribution is -2.47. The summed E-state index contributed by atoms with van der Waals surface area (Å²) in [6, 6.07) is 24.9. The number of halogens is 2. The molecule has 6 aromatic rings. The number of piperazine rings is 2. The summed E-state index contributed by atoms with van der Waals surface area (Å²) < 4.78 is 37.7. The molecule has 0 unspecified atom stereocenters. The monoisotopic (exact) mass is 920 g/mol. The maximum absolute atomic E-state index is 11.6. The summed E-state index contributed by atoms with van der Waals surface area (Å²) in [5.74, 6) is 2.35. The predicted molar refractivity (Wildman–Crippen MR) is 249 cm³/mol. The Morgan fingerprint density at radius 1 is 0.639 bits per heavy atom. The first-order valence-electron chi connectivity index (χ1n) is 20.1. The topological polar surface area (TPSA) is 151 Å². The van der Waals surface area contributed by atoms with Gasteiger partial charge in [0.1, 0.15) is 11.6 Å². The van der Waals surface area contributed by atoms with Crippen LogP contribution in [0.5, 0.6) is 0 Å². The second kappa shape index (κ2) is 18.9. The molecule has 4 aliphatic rings. The number of carbonyl (C=O) groups is 2. The summed E-state index contributed by atoms with van der Waals surface area (Å²) in [6.45, 7) is 10.0. The van der Waals surface area contributed by atoms with Gasteiger partial charge in [0, 0.05) is 97.6 Å². The summed E-state index contributed by atoms with van der Waals surface area (Å²) in [7, 11) is -3.67. The number of aromatic nitrogens is 2. The number of carbonyl (C=O) groups excluding carboxylic acids is 2. The van der Waals surface area contributed by atoms with Crippen molar-refractivity contribution in [2.75, 3.05) is 92.1 Å². The summed E-state index contributed by atoms with van der Waals surface area (Å²) in [5.41, 5.74) is 6.11. The first-order chi connectivity index (χ1) is 29.3. The third kappa shape index (κ3) is 10.8. The van der Waals surface area contributed by atoms with E-state index >= 15 is 0 Å². The third-order valence-corrected chi connectivity index (χ3v) is 13.6. The molecule has 0 saturated carbocycles. The highest BCUT2D eigenvalue weighted by molar-refractivity contribution is 7.85. The summed E-state index contributed by atoms with van der Waals surface area (Å²) >= 11 is 16.0. The van der Waals surface area contributed by atoms with Crippen LogP contribution in [0.1, 0.15) is 22.3 Å². The maximum atomic E-state index is 11.6. The van der Waals surface area contributed by atoms with Crippen molar-refractivity contribution in [1.29, 1.82) is 0 Å². The Morgan fingerprint density at radius 2 is 1.02 bits per heavy atom. The van der Waals surface area contributed by atoms with Crippen LogP contribution in [0.2, 0.25) is 10.0 Å². The minimum absolute atomic E-state index is 0.0499. The molecule has 2 amide bonds. The van der Waals surface area contributed by atoms with Crippen LogP contribution in [0.4, 0.5) is 23.0 Å². The van der Waals surface area contributed by atoms with Crippen LogP contribution in [0, 0.1) is 0 Å². The van der Waals surface area contributed by atoms with Crippen molar-refractivity contribution in [2.24, 2.45) is 0 Å². The third-order valence-electron chi connectivity index (χ3n) is 11.2. The molecule has 2 saturated heterocycles. The average molecular weight is 922 g/mol. The molecule has 320 valence electrons. The zero-order valence-corrected chi connectivity index (χ0v) is 37.5. The van der Waals surface area contributed by atoms with Crippen molar-refractivity contribution in [1.82, 2.24) is 18.5 Å². The van der Waals surface area contributed by atoms with Gasteiger partial charge in [-0.3, -0.25) is 23.9 Å². The van der Waals surface area contributed by atoms with Gasteiger partial charge in [0.25, 0.3) is 10.1 Å². The van der Waals surface area contributed by atoms with Gasteiger partial charge in [0.15, 0.2) is 0 Å². The van der Waals surface area contributed by atoms with Crippen molar-refractivity contribution in [2.45, 2.75) is 25.7 Å². The van der Waals surface area contributed by atoms with Gasteiger partial charge < -0.3 is 20.4 Å². The van der Waals surface area contributed by atoms with Gasteiger partial charge in [-0.2, -0.15) is 17.2 Å².